The molecule has 0 radical (unpaired) electrons. The Morgan fingerprint density at radius 3 is 2.38 bits per heavy atom. The average Bonchev–Trinajstić information content (AvgIpc) is 2.17. The van der Waals surface area contributed by atoms with Crippen molar-refractivity contribution in [2.24, 2.45) is 5.92 Å². The Hall–Kier alpha value is -1.05. The van der Waals surface area contributed by atoms with Crippen LogP contribution in [0.15, 0.2) is 0 Å². The first-order valence-electron chi connectivity index (χ1n) is 5.45. The lowest BCUT2D eigenvalue weighted by atomic mass is 10.1. The van der Waals surface area contributed by atoms with Gasteiger partial charge in [-0.15, -0.1) is 5.92 Å². The smallest absolute Gasteiger partial charge is 0.267 e. The average molecular weight is 228 g/mol. The van der Waals surface area contributed by atoms with Crippen molar-refractivity contribution in [2.75, 3.05) is 0 Å². The zero-order valence-corrected chi connectivity index (χ0v) is 10.6. The third-order valence-corrected chi connectivity index (χ3v) is 1.55. The number of carbonyl (C=O) groups excluding carboxylic acids is 1. The minimum atomic E-state index is -0.521. The van der Waals surface area contributed by atoms with E-state index in [0.717, 1.165) is 0 Å². The molecule has 4 heteroatoms. The molecule has 92 valence electrons. The van der Waals surface area contributed by atoms with Gasteiger partial charge in [-0.3, -0.25) is 4.89 Å². The van der Waals surface area contributed by atoms with E-state index < -0.39 is 17.5 Å². The van der Waals surface area contributed by atoms with E-state index >= 15 is 0 Å². The van der Waals surface area contributed by atoms with Crippen molar-refractivity contribution < 1.29 is 19.6 Å². The molecule has 0 saturated heterocycles. The summed E-state index contributed by atoms with van der Waals surface area (Å²) in [6.07, 6.45) is 1.30. The molecule has 0 spiro atoms. The first kappa shape index (κ1) is 14.9. The molecule has 0 heterocycles. The molecule has 1 atom stereocenters. The van der Waals surface area contributed by atoms with E-state index in [1.807, 2.05) is 13.8 Å². The van der Waals surface area contributed by atoms with E-state index in [0.29, 0.717) is 12.8 Å². The monoisotopic (exact) mass is 228 g/mol. The zero-order valence-electron chi connectivity index (χ0n) is 10.6. The lowest BCUT2D eigenvalue weighted by Crippen LogP contribution is -2.23. The summed E-state index contributed by atoms with van der Waals surface area (Å²) in [5, 5.41) is 4.41. The molecule has 0 N–H and O–H groups in total. The molecule has 16 heavy (non-hydrogen) atoms. The van der Waals surface area contributed by atoms with E-state index in [9.17, 15) is 4.79 Å². The third kappa shape index (κ3) is 7.27. The van der Waals surface area contributed by atoms with Gasteiger partial charge >= 0.3 is 5.97 Å². The van der Waals surface area contributed by atoms with Crippen LogP contribution in [-0.2, 0) is 19.6 Å². The number of carbonyl (C=O) groups is 1. The minimum Gasteiger partial charge on any atom is -0.267 e. The molecule has 0 fully saturated rings. The predicted molar refractivity (Wildman–Crippen MR) is 59.9 cm³/mol. The number of hydrogen-bond donors (Lipinski definition) is 0. The predicted octanol–water partition coefficient (Wildman–Crippen LogP) is 2.63. The van der Waals surface area contributed by atoms with Gasteiger partial charge in [-0.25, -0.2) is 4.79 Å². The van der Waals surface area contributed by atoms with Gasteiger partial charge in [0.15, 0.2) is 0 Å². The first-order valence-corrected chi connectivity index (χ1v) is 5.45. The van der Waals surface area contributed by atoms with Crippen LogP contribution in [0.5, 0.6) is 0 Å². The number of hydrogen-bond acceptors (Lipinski definition) is 4. The van der Waals surface area contributed by atoms with Crippen molar-refractivity contribution in [3.05, 3.63) is 0 Å². The van der Waals surface area contributed by atoms with Gasteiger partial charge < -0.3 is 0 Å². The van der Waals surface area contributed by atoms with Crippen molar-refractivity contribution >= 4 is 5.97 Å². The standard InChI is InChI=1S/C12H20O4/c1-6-8-9-10(7-2)11(13)14-16-15-12(3,4)5/h10H,6-7H2,1-5H3. The van der Waals surface area contributed by atoms with E-state index in [-0.39, 0.29) is 0 Å². The van der Waals surface area contributed by atoms with Crippen molar-refractivity contribution in [1.82, 2.24) is 0 Å². The van der Waals surface area contributed by atoms with Gasteiger partial charge in [-0.05, 0) is 32.2 Å². The molecule has 0 amide bonds. The SMILES string of the molecule is CCC#CC(CC)C(=O)OOOC(C)(C)C. The summed E-state index contributed by atoms with van der Waals surface area (Å²) in [6.45, 7) is 9.14. The second-order valence-corrected chi connectivity index (χ2v) is 4.30. The molecule has 0 aliphatic heterocycles. The highest BCUT2D eigenvalue weighted by molar-refractivity contribution is 5.75. The van der Waals surface area contributed by atoms with Crippen LogP contribution in [-0.4, -0.2) is 11.6 Å². The van der Waals surface area contributed by atoms with Gasteiger partial charge in [0.05, 0.1) is 5.60 Å². The van der Waals surface area contributed by atoms with Gasteiger partial charge in [-0.2, -0.15) is 4.89 Å². The fraction of sp³-hybridized carbons (Fsp3) is 0.750. The quantitative estimate of drug-likeness (QED) is 0.421. The van der Waals surface area contributed by atoms with Crippen LogP contribution in [0.3, 0.4) is 0 Å². The van der Waals surface area contributed by atoms with E-state index in [4.69, 9.17) is 4.89 Å². The Labute approximate surface area is 97.1 Å². The summed E-state index contributed by atoms with van der Waals surface area (Å²) in [6, 6.07) is 0. The van der Waals surface area contributed by atoms with E-state index in [2.05, 4.69) is 21.8 Å². The van der Waals surface area contributed by atoms with E-state index in [1.54, 1.807) is 20.8 Å². The van der Waals surface area contributed by atoms with Crippen molar-refractivity contribution in [3.63, 3.8) is 0 Å². The topological polar surface area (TPSA) is 44.8 Å². The Bertz CT molecular complexity index is 267. The summed E-state index contributed by atoms with van der Waals surface area (Å²) in [4.78, 5) is 20.7. The Balaban J connectivity index is 4.03. The van der Waals surface area contributed by atoms with Crippen LogP contribution in [0, 0.1) is 17.8 Å². The molecule has 0 aliphatic carbocycles. The molecule has 1 unspecified atom stereocenters. The van der Waals surface area contributed by atoms with Crippen molar-refractivity contribution in [2.45, 2.75) is 53.1 Å². The summed E-state index contributed by atoms with van der Waals surface area (Å²) in [5.74, 6) is 4.67. The van der Waals surface area contributed by atoms with Crippen molar-refractivity contribution in [3.8, 4) is 11.8 Å². The molecule has 0 aromatic rings. The lowest BCUT2D eigenvalue weighted by molar-refractivity contribution is -0.515. The highest BCUT2D eigenvalue weighted by atomic mass is 17.5. The maximum absolute atomic E-state index is 11.4. The highest BCUT2D eigenvalue weighted by Crippen LogP contribution is 2.09. The third-order valence-electron chi connectivity index (χ3n) is 1.55. The largest absolute Gasteiger partial charge is 0.360 e. The van der Waals surface area contributed by atoms with Gasteiger partial charge in [0.2, 0.25) is 0 Å². The molecular weight excluding hydrogens is 208 g/mol. The zero-order chi connectivity index (χ0) is 12.6. The van der Waals surface area contributed by atoms with Gasteiger partial charge in [0.25, 0.3) is 0 Å². The number of rotatable bonds is 4. The molecular formula is C12H20O4. The van der Waals surface area contributed by atoms with E-state index in [1.165, 1.54) is 0 Å². The van der Waals surface area contributed by atoms with Crippen molar-refractivity contribution in [1.29, 1.82) is 0 Å². The van der Waals surface area contributed by atoms with Gasteiger partial charge in [0, 0.05) is 6.42 Å². The summed E-state index contributed by atoms with van der Waals surface area (Å²) < 4.78 is 0. The minimum absolute atomic E-state index is 0.455. The molecule has 0 aliphatic rings. The van der Waals surface area contributed by atoms with Gasteiger partial charge in [-0.1, -0.05) is 19.8 Å². The maximum Gasteiger partial charge on any atom is 0.360 e. The maximum atomic E-state index is 11.4. The van der Waals surface area contributed by atoms with Crippen LogP contribution in [0.4, 0.5) is 0 Å². The Morgan fingerprint density at radius 2 is 1.94 bits per heavy atom. The molecule has 4 nitrogen and oxygen atoms in total. The molecule has 0 aromatic heterocycles. The van der Waals surface area contributed by atoms with Crippen LogP contribution in [0.1, 0.15) is 47.5 Å². The van der Waals surface area contributed by atoms with Crippen LogP contribution in [0.2, 0.25) is 0 Å². The lowest BCUT2D eigenvalue weighted by Gasteiger charge is -2.16. The fourth-order valence-corrected chi connectivity index (χ4v) is 0.764. The molecule has 0 saturated carbocycles. The first-order chi connectivity index (χ1) is 7.40. The van der Waals surface area contributed by atoms with Gasteiger partial charge in [0.1, 0.15) is 5.92 Å². The second kappa shape index (κ2) is 7.26. The molecule has 0 rings (SSSR count). The molecule has 0 aromatic carbocycles. The highest BCUT2D eigenvalue weighted by Gasteiger charge is 2.19. The van der Waals surface area contributed by atoms with Crippen LogP contribution < -0.4 is 0 Å². The van der Waals surface area contributed by atoms with Crippen LogP contribution in [0.25, 0.3) is 0 Å². The molecule has 0 bridgehead atoms. The summed E-state index contributed by atoms with van der Waals surface area (Å²) in [5.41, 5.74) is -0.517. The normalized spacial score (nSPS) is 12.6. The van der Waals surface area contributed by atoms with Crippen LogP contribution >= 0.6 is 0 Å². The Kier molecular flexibility index (Phi) is 6.78. The summed E-state index contributed by atoms with van der Waals surface area (Å²) in [7, 11) is 0. The summed E-state index contributed by atoms with van der Waals surface area (Å²) >= 11 is 0. The second-order valence-electron chi connectivity index (χ2n) is 4.30. The Morgan fingerprint density at radius 1 is 1.31 bits per heavy atom. The fourth-order valence-electron chi connectivity index (χ4n) is 0.764.